The molecule has 1 atom stereocenters. The van der Waals surface area contributed by atoms with Gasteiger partial charge < -0.3 is 15.0 Å². The first-order valence-electron chi connectivity index (χ1n) is 10.1. The highest BCUT2D eigenvalue weighted by Crippen LogP contribution is 2.33. The number of fused-ring (bicyclic) bond motifs is 3. The zero-order chi connectivity index (χ0) is 19.0. The maximum absolute atomic E-state index is 10.7. The van der Waals surface area contributed by atoms with Crippen LogP contribution in [0.15, 0.2) is 36.4 Å². The van der Waals surface area contributed by atoms with Crippen molar-refractivity contribution >= 4 is 16.6 Å². The van der Waals surface area contributed by atoms with E-state index in [4.69, 9.17) is 0 Å². The van der Waals surface area contributed by atoms with Gasteiger partial charge in [0.1, 0.15) is 0 Å². The van der Waals surface area contributed by atoms with Crippen molar-refractivity contribution < 1.29 is 5.11 Å². The Bertz CT molecular complexity index is 970. The van der Waals surface area contributed by atoms with Gasteiger partial charge in [-0.1, -0.05) is 17.7 Å². The fourth-order valence-electron chi connectivity index (χ4n) is 4.32. The SMILES string of the molecule is Cc1ccc2c(c1)c1c(n2CC(O)CNc2ccc(C)c(C)c2)CCCC1. The summed E-state index contributed by atoms with van der Waals surface area (Å²) in [7, 11) is 0. The van der Waals surface area contributed by atoms with E-state index >= 15 is 0 Å². The minimum Gasteiger partial charge on any atom is -0.389 e. The topological polar surface area (TPSA) is 37.2 Å². The first-order valence-corrected chi connectivity index (χ1v) is 10.1. The molecule has 0 fully saturated rings. The molecule has 0 amide bonds. The van der Waals surface area contributed by atoms with E-state index in [1.165, 1.54) is 58.1 Å². The van der Waals surface area contributed by atoms with E-state index in [0.717, 1.165) is 12.1 Å². The molecule has 0 spiro atoms. The normalized spacial score (nSPS) is 15.0. The summed E-state index contributed by atoms with van der Waals surface area (Å²) in [6.07, 6.45) is 4.39. The average molecular weight is 363 g/mol. The molecule has 1 aromatic heterocycles. The van der Waals surface area contributed by atoms with E-state index in [9.17, 15) is 5.11 Å². The van der Waals surface area contributed by atoms with Crippen molar-refractivity contribution in [3.05, 3.63) is 64.3 Å². The van der Waals surface area contributed by atoms with Crippen LogP contribution >= 0.6 is 0 Å². The van der Waals surface area contributed by atoms with Gasteiger partial charge in [-0.25, -0.2) is 0 Å². The van der Waals surface area contributed by atoms with Crippen LogP contribution in [0.2, 0.25) is 0 Å². The molecule has 3 nitrogen and oxygen atoms in total. The Morgan fingerprint density at radius 2 is 1.81 bits per heavy atom. The van der Waals surface area contributed by atoms with Crippen LogP contribution in [0.25, 0.3) is 10.9 Å². The molecule has 0 radical (unpaired) electrons. The molecule has 2 N–H and O–H groups in total. The van der Waals surface area contributed by atoms with Gasteiger partial charge in [0.2, 0.25) is 0 Å². The van der Waals surface area contributed by atoms with Gasteiger partial charge in [0, 0.05) is 28.8 Å². The number of aromatic nitrogens is 1. The molecule has 3 aromatic rings. The number of anilines is 1. The van der Waals surface area contributed by atoms with Crippen molar-refractivity contribution in [2.24, 2.45) is 0 Å². The first-order chi connectivity index (χ1) is 13.0. The molecule has 0 aliphatic heterocycles. The molecule has 1 aliphatic rings. The Labute approximate surface area is 162 Å². The van der Waals surface area contributed by atoms with Crippen molar-refractivity contribution in [3.8, 4) is 0 Å². The predicted molar refractivity (Wildman–Crippen MR) is 114 cm³/mol. The van der Waals surface area contributed by atoms with Crippen LogP contribution in [0.5, 0.6) is 0 Å². The average Bonchev–Trinajstić information content (AvgIpc) is 2.96. The van der Waals surface area contributed by atoms with Gasteiger partial charge in [0.05, 0.1) is 12.6 Å². The molecule has 0 bridgehead atoms. The second-order valence-electron chi connectivity index (χ2n) is 8.10. The van der Waals surface area contributed by atoms with Gasteiger partial charge in [-0.05, 0) is 87.4 Å². The lowest BCUT2D eigenvalue weighted by atomic mass is 9.95. The third-order valence-corrected chi connectivity index (χ3v) is 5.97. The molecule has 4 rings (SSSR count). The second-order valence-corrected chi connectivity index (χ2v) is 8.10. The van der Waals surface area contributed by atoms with Crippen LogP contribution < -0.4 is 5.32 Å². The number of hydrogen-bond acceptors (Lipinski definition) is 2. The highest BCUT2D eigenvalue weighted by Gasteiger charge is 2.21. The Balaban J connectivity index is 1.55. The van der Waals surface area contributed by atoms with Crippen molar-refractivity contribution in [2.45, 2.75) is 59.1 Å². The number of nitrogens with zero attached hydrogens (tertiary/aromatic N) is 1. The van der Waals surface area contributed by atoms with E-state index in [0.29, 0.717) is 13.1 Å². The van der Waals surface area contributed by atoms with Gasteiger partial charge in [-0.15, -0.1) is 0 Å². The van der Waals surface area contributed by atoms with E-state index in [-0.39, 0.29) is 0 Å². The standard InChI is InChI=1S/C24H30N2O/c1-16-8-11-24-22(12-16)21-6-4-5-7-23(21)26(24)15-20(27)14-25-19-10-9-17(2)18(3)13-19/h8-13,20,25,27H,4-7,14-15H2,1-3H3. The Hall–Kier alpha value is -2.26. The van der Waals surface area contributed by atoms with E-state index in [2.05, 4.69) is 67.1 Å². The molecule has 1 aliphatic carbocycles. The summed E-state index contributed by atoms with van der Waals surface area (Å²) in [5.41, 5.74) is 9.17. The van der Waals surface area contributed by atoms with Gasteiger partial charge >= 0.3 is 0 Å². The Morgan fingerprint density at radius 1 is 1.00 bits per heavy atom. The van der Waals surface area contributed by atoms with Gasteiger partial charge in [0.25, 0.3) is 0 Å². The van der Waals surface area contributed by atoms with E-state index < -0.39 is 6.10 Å². The lowest BCUT2D eigenvalue weighted by Crippen LogP contribution is -2.26. The predicted octanol–water partition coefficient (Wildman–Crippen LogP) is 4.92. The highest BCUT2D eigenvalue weighted by atomic mass is 16.3. The summed E-state index contributed by atoms with van der Waals surface area (Å²) in [5, 5.41) is 15.5. The molecule has 142 valence electrons. The number of rotatable bonds is 5. The van der Waals surface area contributed by atoms with Crippen LogP contribution in [-0.4, -0.2) is 22.3 Å². The van der Waals surface area contributed by atoms with E-state index in [1.54, 1.807) is 0 Å². The number of nitrogens with one attached hydrogen (secondary N) is 1. The zero-order valence-electron chi connectivity index (χ0n) is 16.7. The summed E-state index contributed by atoms with van der Waals surface area (Å²) < 4.78 is 2.37. The zero-order valence-corrected chi connectivity index (χ0v) is 16.7. The lowest BCUT2D eigenvalue weighted by Gasteiger charge is -2.19. The number of aliphatic hydroxyl groups is 1. The quantitative estimate of drug-likeness (QED) is 0.676. The fourth-order valence-corrected chi connectivity index (χ4v) is 4.32. The van der Waals surface area contributed by atoms with Crippen molar-refractivity contribution in [1.82, 2.24) is 4.57 Å². The highest BCUT2D eigenvalue weighted by molar-refractivity contribution is 5.86. The molecule has 0 saturated carbocycles. The van der Waals surface area contributed by atoms with Crippen LogP contribution in [-0.2, 0) is 19.4 Å². The fraction of sp³-hybridized carbons (Fsp3) is 0.417. The summed E-state index contributed by atoms with van der Waals surface area (Å²) in [6.45, 7) is 7.61. The number of aryl methyl sites for hydroxylation is 4. The van der Waals surface area contributed by atoms with Crippen LogP contribution in [0, 0.1) is 20.8 Å². The van der Waals surface area contributed by atoms with Gasteiger partial charge in [0.15, 0.2) is 0 Å². The van der Waals surface area contributed by atoms with Crippen molar-refractivity contribution in [2.75, 3.05) is 11.9 Å². The molecule has 1 heterocycles. The van der Waals surface area contributed by atoms with Crippen molar-refractivity contribution in [3.63, 3.8) is 0 Å². The maximum Gasteiger partial charge on any atom is 0.0891 e. The Kier molecular flexibility index (Phi) is 4.96. The molecule has 1 unspecified atom stereocenters. The molecule has 0 saturated heterocycles. The minimum absolute atomic E-state index is 0.422. The van der Waals surface area contributed by atoms with Gasteiger partial charge in [-0.3, -0.25) is 0 Å². The van der Waals surface area contributed by atoms with Crippen LogP contribution in [0.4, 0.5) is 5.69 Å². The second kappa shape index (κ2) is 7.40. The first kappa shape index (κ1) is 18.1. The molecule has 27 heavy (non-hydrogen) atoms. The maximum atomic E-state index is 10.7. The summed E-state index contributed by atoms with van der Waals surface area (Å²) >= 11 is 0. The summed E-state index contributed by atoms with van der Waals surface area (Å²) in [5.74, 6) is 0. The number of hydrogen-bond donors (Lipinski definition) is 2. The third-order valence-electron chi connectivity index (χ3n) is 5.97. The van der Waals surface area contributed by atoms with Crippen molar-refractivity contribution in [1.29, 1.82) is 0 Å². The third kappa shape index (κ3) is 3.61. The minimum atomic E-state index is -0.422. The number of aliphatic hydroxyl groups excluding tert-OH is 1. The van der Waals surface area contributed by atoms with Gasteiger partial charge in [-0.2, -0.15) is 0 Å². The summed E-state index contributed by atoms with van der Waals surface area (Å²) in [6, 6.07) is 13.1. The van der Waals surface area contributed by atoms with E-state index in [1.807, 2.05) is 0 Å². The van der Waals surface area contributed by atoms with Crippen LogP contribution in [0.1, 0.15) is 40.8 Å². The molecule has 2 aromatic carbocycles. The summed E-state index contributed by atoms with van der Waals surface area (Å²) in [4.78, 5) is 0. The lowest BCUT2D eigenvalue weighted by molar-refractivity contribution is 0.167. The monoisotopic (exact) mass is 362 g/mol. The molecule has 3 heteroatoms. The molecular weight excluding hydrogens is 332 g/mol. The Morgan fingerprint density at radius 3 is 2.63 bits per heavy atom. The largest absolute Gasteiger partial charge is 0.389 e. The smallest absolute Gasteiger partial charge is 0.0891 e. The number of benzene rings is 2. The van der Waals surface area contributed by atoms with Crippen LogP contribution in [0.3, 0.4) is 0 Å². The molecular formula is C24H30N2O.